The molecule has 0 radical (unpaired) electrons. The van der Waals surface area contributed by atoms with E-state index in [1.807, 2.05) is 32.0 Å². The number of ether oxygens (including phenoxy) is 1. The number of esters is 1. The summed E-state index contributed by atoms with van der Waals surface area (Å²) in [6, 6.07) is 7.69. The van der Waals surface area contributed by atoms with Crippen molar-refractivity contribution in [1.29, 1.82) is 0 Å². The van der Waals surface area contributed by atoms with Crippen LogP contribution >= 0.6 is 0 Å². The van der Waals surface area contributed by atoms with Gasteiger partial charge in [0.15, 0.2) is 0 Å². The molecule has 1 fully saturated rings. The van der Waals surface area contributed by atoms with E-state index in [0.717, 1.165) is 5.56 Å². The highest BCUT2D eigenvalue weighted by Gasteiger charge is 2.37. The maximum absolute atomic E-state index is 13.0. The zero-order valence-corrected chi connectivity index (χ0v) is 19.8. The van der Waals surface area contributed by atoms with Gasteiger partial charge in [-0.2, -0.15) is 8.42 Å². The van der Waals surface area contributed by atoms with E-state index in [2.05, 4.69) is 5.32 Å². The lowest BCUT2D eigenvalue weighted by atomic mass is 9.92. The average Bonchev–Trinajstić information content (AvgIpc) is 3.14. The molecule has 2 unspecified atom stereocenters. The molecule has 2 rings (SSSR count). The van der Waals surface area contributed by atoms with Crippen LogP contribution in [-0.2, 0) is 35.8 Å². The van der Waals surface area contributed by atoms with Crippen LogP contribution in [0.15, 0.2) is 30.3 Å². The van der Waals surface area contributed by atoms with Gasteiger partial charge in [-0.25, -0.2) is 0 Å². The van der Waals surface area contributed by atoms with Crippen LogP contribution in [0.4, 0.5) is 0 Å². The van der Waals surface area contributed by atoms with Crippen molar-refractivity contribution in [3.63, 3.8) is 0 Å². The molecule has 1 aromatic carbocycles. The van der Waals surface area contributed by atoms with Gasteiger partial charge in [-0.15, -0.1) is 0 Å². The number of benzene rings is 1. The van der Waals surface area contributed by atoms with E-state index >= 15 is 0 Å². The number of hydrogen-bond acceptors (Lipinski definition) is 7. The van der Waals surface area contributed by atoms with Crippen molar-refractivity contribution in [3.8, 4) is 0 Å². The minimum Gasteiger partial charge on any atom is -0.461 e. The maximum Gasteiger partial charge on any atom is 0.306 e. The molecule has 0 saturated heterocycles. The number of amides is 1. The Balaban J connectivity index is 2.08. The highest BCUT2D eigenvalue weighted by molar-refractivity contribution is 7.86. The monoisotopic (exact) mass is 483 g/mol. The fourth-order valence-corrected chi connectivity index (χ4v) is 4.64. The van der Waals surface area contributed by atoms with E-state index in [0.29, 0.717) is 25.7 Å². The van der Waals surface area contributed by atoms with Crippen molar-refractivity contribution >= 4 is 27.8 Å². The Kier molecular flexibility index (Phi) is 10.00. The van der Waals surface area contributed by atoms with Gasteiger partial charge in [0.2, 0.25) is 11.3 Å². The molecule has 1 saturated carbocycles. The number of ketones is 1. The number of hydrogen-bond donors (Lipinski definition) is 3. The number of carbonyl (C=O) groups excluding carboxylic acids is 3. The molecule has 0 aromatic heterocycles. The summed E-state index contributed by atoms with van der Waals surface area (Å²) < 4.78 is 37.7. The Morgan fingerprint density at radius 2 is 1.88 bits per heavy atom. The zero-order chi connectivity index (χ0) is 24.6. The number of aliphatic hydroxyl groups is 1. The minimum absolute atomic E-state index is 0.0454. The van der Waals surface area contributed by atoms with Crippen LogP contribution in [0.5, 0.6) is 0 Å². The Labute approximate surface area is 194 Å². The molecule has 184 valence electrons. The number of Topliss-reactive ketones (excluding diaryl/α,β-unsaturated/α-hetero) is 1. The third-order valence-corrected chi connectivity index (χ3v) is 6.67. The second kappa shape index (κ2) is 12.2. The van der Waals surface area contributed by atoms with E-state index < -0.39 is 45.3 Å². The second-order valence-corrected chi connectivity index (χ2v) is 10.5. The lowest BCUT2D eigenvalue weighted by molar-refractivity contribution is -0.148. The largest absolute Gasteiger partial charge is 0.461 e. The lowest BCUT2D eigenvalue weighted by Crippen LogP contribution is -2.50. The van der Waals surface area contributed by atoms with Gasteiger partial charge in [-0.3, -0.25) is 18.9 Å². The molecule has 1 aromatic rings. The van der Waals surface area contributed by atoms with Crippen molar-refractivity contribution < 1.29 is 37.2 Å². The first-order valence-electron chi connectivity index (χ1n) is 11.1. The number of aliphatic hydroxyl groups excluding tert-OH is 1. The van der Waals surface area contributed by atoms with E-state index in [1.54, 1.807) is 12.1 Å². The highest BCUT2D eigenvalue weighted by atomic mass is 32.2. The summed E-state index contributed by atoms with van der Waals surface area (Å²) in [5.74, 6) is -2.59. The van der Waals surface area contributed by atoms with Crippen LogP contribution in [0.2, 0.25) is 0 Å². The first-order chi connectivity index (χ1) is 15.5. The van der Waals surface area contributed by atoms with Gasteiger partial charge in [-0.1, -0.05) is 44.2 Å². The van der Waals surface area contributed by atoms with Crippen molar-refractivity contribution in [1.82, 2.24) is 5.32 Å². The van der Waals surface area contributed by atoms with Gasteiger partial charge in [0.25, 0.3) is 10.1 Å². The summed E-state index contributed by atoms with van der Waals surface area (Å²) in [7, 11) is -4.88. The van der Waals surface area contributed by atoms with Crippen LogP contribution in [0.3, 0.4) is 0 Å². The first kappa shape index (κ1) is 26.9. The molecule has 1 aliphatic rings. The standard InChI is InChI=1S/C23H33NO8S/c1-15(2)11-18(13-21(26)32-14-16-7-4-3-5-8-16)22(27)24-19(23(28)33(29,30)31)12-17-9-6-10-20(17)25/h3-5,7-8,15,17-19,23,28H,6,9-14H2,1-2H3,(H,24,27)(H,29,30,31)/t17?,18-,19+,23?/m1/s1. The molecule has 0 heterocycles. The van der Waals surface area contributed by atoms with E-state index in [4.69, 9.17) is 4.74 Å². The predicted molar refractivity (Wildman–Crippen MR) is 120 cm³/mol. The first-order valence-corrected chi connectivity index (χ1v) is 12.6. The van der Waals surface area contributed by atoms with E-state index in [9.17, 15) is 32.5 Å². The van der Waals surface area contributed by atoms with Crippen LogP contribution in [0.25, 0.3) is 0 Å². The van der Waals surface area contributed by atoms with Gasteiger partial charge >= 0.3 is 5.97 Å². The molecule has 0 aliphatic heterocycles. The third kappa shape index (κ3) is 8.87. The van der Waals surface area contributed by atoms with Gasteiger partial charge in [0.1, 0.15) is 12.4 Å². The molecule has 10 heteroatoms. The van der Waals surface area contributed by atoms with Crippen LogP contribution in [0.1, 0.15) is 57.9 Å². The van der Waals surface area contributed by atoms with Crippen molar-refractivity contribution in [2.45, 2.75) is 70.5 Å². The molecule has 0 spiro atoms. The Morgan fingerprint density at radius 3 is 2.42 bits per heavy atom. The molecule has 1 amide bonds. The fraction of sp³-hybridized carbons (Fsp3) is 0.609. The van der Waals surface area contributed by atoms with E-state index in [-0.39, 0.29) is 31.1 Å². The number of rotatable bonds is 12. The molecule has 0 bridgehead atoms. The summed E-state index contributed by atoms with van der Waals surface area (Å²) in [5.41, 5.74) is -1.48. The molecule has 33 heavy (non-hydrogen) atoms. The summed E-state index contributed by atoms with van der Waals surface area (Å²) >= 11 is 0. The SMILES string of the molecule is CC(C)C[C@H](CC(=O)OCc1ccccc1)C(=O)N[C@@H](CC1CCCC1=O)C(O)S(=O)(=O)O. The van der Waals surface area contributed by atoms with Crippen molar-refractivity contribution in [2.75, 3.05) is 0 Å². The van der Waals surface area contributed by atoms with Crippen molar-refractivity contribution in [3.05, 3.63) is 35.9 Å². The summed E-state index contributed by atoms with van der Waals surface area (Å²) in [4.78, 5) is 37.4. The molecule has 1 aliphatic carbocycles. The van der Waals surface area contributed by atoms with E-state index in [1.165, 1.54) is 0 Å². The Hall–Kier alpha value is -2.30. The topological polar surface area (TPSA) is 147 Å². The molecule has 3 N–H and O–H groups in total. The van der Waals surface area contributed by atoms with Crippen LogP contribution < -0.4 is 5.32 Å². The second-order valence-electron chi connectivity index (χ2n) is 8.99. The predicted octanol–water partition coefficient (Wildman–Crippen LogP) is 2.23. The summed E-state index contributed by atoms with van der Waals surface area (Å²) in [5, 5.41) is 12.6. The quantitative estimate of drug-likeness (QED) is 0.303. The number of nitrogens with one attached hydrogen (secondary N) is 1. The van der Waals surface area contributed by atoms with Crippen LogP contribution in [0, 0.1) is 17.8 Å². The zero-order valence-electron chi connectivity index (χ0n) is 19.0. The molecule has 4 atom stereocenters. The average molecular weight is 484 g/mol. The van der Waals surface area contributed by atoms with Crippen LogP contribution in [-0.4, -0.2) is 47.2 Å². The van der Waals surface area contributed by atoms with Gasteiger partial charge < -0.3 is 15.2 Å². The summed E-state index contributed by atoms with van der Waals surface area (Å²) in [6.45, 7) is 3.80. The highest BCUT2D eigenvalue weighted by Crippen LogP contribution is 2.27. The maximum atomic E-state index is 13.0. The normalized spacial score (nSPS) is 19.2. The molecule has 9 nitrogen and oxygen atoms in total. The number of carbonyl (C=O) groups is 3. The van der Waals surface area contributed by atoms with Crippen molar-refractivity contribution in [2.24, 2.45) is 17.8 Å². The lowest BCUT2D eigenvalue weighted by Gasteiger charge is -2.27. The fourth-order valence-electron chi connectivity index (χ4n) is 4.05. The molecular formula is C23H33NO8S. The van der Waals surface area contributed by atoms with Gasteiger partial charge in [-0.05, 0) is 37.2 Å². The summed E-state index contributed by atoms with van der Waals surface area (Å²) in [6.07, 6.45) is 1.51. The minimum atomic E-state index is -4.88. The Bertz CT molecular complexity index is 916. The Morgan fingerprint density at radius 1 is 1.21 bits per heavy atom. The van der Waals surface area contributed by atoms with Gasteiger partial charge in [0.05, 0.1) is 12.5 Å². The molecular weight excluding hydrogens is 450 g/mol. The third-order valence-electron chi connectivity index (χ3n) is 5.73. The van der Waals surface area contributed by atoms with Gasteiger partial charge in [0, 0.05) is 18.3 Å². The smallest absolute Gasteiger partial charge is 0.306 e.